The average molecular weight is 220 g/mol. The van der Waals surface area contributed by atoms with Crippen LogP contribution in [0.15, 0.2) is 0 Å². The molecule has 2 nitrogen and oxygen atoms in total. The molecule has 0 radical (unpaired) electrons. The third-order valence-corrected chi connectivity index (χ3v) is 3.82. The van der Waals surface area contributed by atoms with E-state index in [1.165, 1.54) is 0 Å². The number of hydrogen-bond donors (Lipinski definition) is 0. The van der Waals surface area contributed by atoms with E-state index in [1.807, 2.05) is 11.9 Å². The highest BCUT2D eigenvalue weighted by Gasteiger charge is 2.25. The number of nitrogens with zero attached hydrogens (tertiary/aromatic N) is 2. The van der Waals surface area contributed by atoms with Crippen LogP contribution in [0.25, 0.3) is 0 Å². The second-order valence-electron chi connectivity index (χ2n) is 2.94. The van der Waals surface area contributed by atoms with Gasteiger partial charge in [-0.25, -0.2) is 0 Å². The maximum absolute atomic E-state index is 5.25. The largest absolute Gasteiger partial charge is 0.337 e. The van der Waals surface area contributed by atoms with Crippen molar-refractivity contribution >= 4 is 45.6 Å². The van der Waals surface area contributed by atoms with Crippen molar-refractivity contribution in [2.75, 3.05) is 12.9 Å². The quantitative estimate of drug-likeness (QED) is 0.621. The van der Waals surface area contributed by atoms with Crippen molar-refractivity contribution in [1.82, 2.24) is 9.80 Å². The molecule has 1 aliphatic rings. The van der Waals surface area contributed by atoms with Gasteiger partial charge in [-0.15, -0.1) is 0 Å². The van der Waals surface area contributed by atoms with Gasteiger partial charge in [-0.3, -0.25) is 0 Å². The first kappa shape index (κ1) is 10.2. The molecule has 0 bridgehead atoms. The maximum Gasteiger partial charge on any atom is 0.177 e. The van der Waals surface area contributed by atoms with Gasteiger partial charge >= 0.3 is 0 Å². The van der Waals surface area contributed by atoms with Crippen molar-refractivity contribution in [2.24, 2.45) is 0 Å². The van der Waals surface area contributed by atoms with Crippen molar-refractivity contribution < 1.29 is 0 Å². The Labute approximate surface area is 88.3 Å². The Morgan fingerprint density at radius 1 is 1.42 bits per heavy atom. The Hall–Kier alpha value is 0.130. The average Bonchev–Trinajstić information content (AvgIpc) is 2.00. The van der Waals surface area contributed by atoms with Crippen molar-refractivity contribution in [2.45, 2.75) is 19.9 Å². The molecule has 1 fully saturated rings. The summed E-state index contributed by atoms with van der Waals surface area (Å²) in [5, 5.41) is 0.841. The van der Waals surface area contributed by atoms with Gasteiger partial charge in [0.2, 0.25) is 0 Å². The number of thioether (sulfide) groups is 1. The molecule has 68 valence electrons. The van der Waals surface area contributed by atoms with E-state index < -0.39 is 0 Å². The van der Waals surface area contributed by atoms with Crippen LogP contribution in [-0.2, 0) is 0 Å². The van der Waals surface area contributed by atoms with E-state index in [-0.39, 0.29) is 0 Å². The van der Waals surface area contributed by atoms with Crippen molar-refractivity contribution in [3.8, 4) is 0 Å². The molecule has 0 atom stereocenters. The first-order chi connectivity index (χ1) is 5.54. The summed E-state index contributed by atoms with van der Waals surface area (Å²) in [5.41, 5.74) is 0. The molecule has 0 aromatic heterocycles. The molecule has 0 aromatic rings. The molecule has 0 spiro atoms. The minimum atomic E-state index is 0.454. The molecule has 1 saturated heterocycles. The fourth-order valence-electron chi connectivity index (χ4n) is 0.918. The van der Waals surface area contributed by atoms with Crippen LogP contribution in [0, 0.1) is 0 Å². The van der Waals surface area contributed by atoms with E-state index in [0.717, 1.165) is 15.3 Å². The molecule has 0 N–H and O–H groups in total. The van der Waals surface area contributed by atoms with Gasteiger partial charge in [0.1, 0.15) is 4.32 Å². The Morgan fingerprint density at radius 3 is 2.50 bits per heavy atom. The molecule has 0 aromatic carbocycles. The fourth-order valence-corrected chi connectivity index (χ4v) is 2.68. The molecule has 5 heteroatoms. The fraction of sp³-hybridized carbons (Fsp3) is 0.714. The van der Waals surface area contributed by atoms with Gasteiger partial charge in [0.05, 0.1) is 5.88 Å². The zero-order valence-electron chi connectivity index (χ0n) is 7.40. The molecular weight excluding hydrogens is 208 g/mol. The predicted molar refractivity (Wildman–Crippen MR) is 62.4 cm³/mol. The molecule has 1 heterocycles. The monoisotopic (exact) mass is 220 g/mol. The van der Waals surface area contributed by atoms with Crippen LogP contribution in [0.1, 0.15) is 13.8 Å². The third kappa shape index (κ3) is 1.89. The highest BCUT2D eigenvalue weighted by molar-refractivity contribution is 8.23. The summed E-state index contributed by atoms with van der Waals surface area (Å²) in [6.45, 7) is 4.27. The highest BCUT2D eigenvalue weighted by Crippen LogP contribution is 2.20. The van der Waals surface area contributed by atoms with Gasteiger partial charge in [0, 0.05) is 13.1 Å². The van der Waals surface area contributed by atoms with E-state index in [1.54, 1.807) is 11.8 Å². The summed E-state index contributed by atoms with van der Waals surface area (Å²) in [7, 11) is 1.92. The van der Waals surface area contributed by atoms with Crippen LogP contribution in [0.5, 0.6) is 0 Å². The number of thiocarbonyl (C=S) groups is 2. The Balaban J connectivity index is 2.72. The molecular formula is C7H12N2S3. The third-order valence-electron chi connectivity index (χ3n) is 1.76. The molecule has 0 unspecified atom stereocenters. The molecule has 1 rings (SSSR count). The molecule has 1 aliphatic heterocycles. The first-order valence-electron chi connectivity index (χ1n) is 3.75. The standard InChI is InChI=1S/C7H12N2S3/c1-5(2)9-4-12-7(11)8(3)6(9)10/h5H,4H2,1-3H3. The Kier molecular flexibility index (Phi) is 3.31. The van der Waals surface area contributed by atoms with E-state index in [4.69, 9.17) is 24.4 Å². The highest BCUT2D eigenvalue weighted by atomic mass is 32.2. The molecule has 0 amide bonds. The van der Waals surface area contributed by atoms with Crippen LogP contribution in [-0.4, -0.2) is 38.2 Å². The summed E-state index contributed by atoms with van der Waals surface area (Å²) in [4.78, 5) is 4.05. The van der Waals surface area contributed by atoms with Crippen molar-refractivity contribution in [1.29, 1.82) is 0 Å². The van der Waals surface area contributed by atoms with Gasteiger partial charge in [0.15, 0.2) is 5.11 Å². The summed E-state index contributed by atoms with van der Waals surface area (Å²) in [6.07, 6.45) is 0. The summed E-state index contributed by atoms with van der Waals surface area (Å²) in [5.74, 6) is 0.889. The first-order valence-corrected chi connectivity index (χ1v) is 5.55. The minimum Gasteiger partial charge on any atom is -0.337 e. The SMILES string of the molecule is CC(C)N1CSC(=S)N(C)C1=S. The Morgan fingerprint density at radius 2 is 2.00 bits per heavy atom. The summed E-state index contributed by atoms with van der Waals surface area (Å²) in [6, 6.07) is 0.454. The second-order valence-corrected chi connectivity index (χ2v) is 4.89. The lowest BCUT2D eigenvalue weighted by Gasteiger charge is -2.38. The minimum absolute atomic E-state index is 0.454. The summed E-state index contributed by atoms with van der Waals surface area (Å²) >= 11 is 12.0. The lowest BCUT2D eigenvalue weighted by molar-refractivity contribution is 0.376. The van der Waals surface area contributed by atoms with Crippen LogP contribution >= 0.6 is 36.2 Å². The van der Waals surface area contributed by atoms with Crippen LogP contribution in [0.3, 0.4) is 0 Å². The molecule has 0 aliphatic carbocycles. The van der Waals surface area contributed by atoms with Crippen LogP contribution in [0.2, 0.25) is 0 Å². The normalized spacial score (nSPS) is 19.3. The number of rotatable bonds is 1. The lowest BCUT2D eigenvalue weighted by atomic mass is 10.4. The van der Waals surface area contributed by atoms with Crippen molar-refractivity contribution in [3.05, 3.63) is 0 Å². The predicted octanol–water partition coefficient (Wildman–Crippen LogP) is 1.90. The second kappa shape index (κ2) is 3.89. The maximum atomic E-state index is 5.25. The zero-order chi connectivity index (χ0) is 9.30. The van der Waals surface area contributed by atoms with Crippen LogP contribution in [0.4, 0.5) is 0 Å². The van der Waals surface area contributed by atoms with Gasteiger partial charge in [-0.2, -0.15) is 0 Å². The topological polar surface area (TPSA) is 6.48 Å². The van der Waals surface area contributed by atoms with Crippen molar-refractivity contribution in [3.63, 3.8) is 0 Å². The van der Waals surface area contributed by atoms with E-state index in [0.29, 0.717) is 6.04 Å². The number of hydrogen-bond acceptors (Lipinski definition) is 3. The Bertz CT molecular complexity index is 215. The van der Waals surface area contributed by atoms with E-state index in [9.17, 15) is 0 Å². The zero-order valence-corrected chi connectivity index (χ0v) is 9.85. The molecule has 0 saturated carbocycles. The summed E-state index contributed by atoms with van der Waals surface area (Å²) < 4.78 is 0.872. The lowest BCUT2D eigenvalue weighted by Crippen LogP contribution is -2.49. The van der Waals surface area contributed by atoms with Gasteiger partial charge < -0.3 is 9.80 Å². The smallest absolute Gasteiger partial charge is 0.177 e. The molecule has 12 heavy (non-hydrogen) atoms. The van der Waals surface area contributed by atoms with E-state index in [2.05, 4.69) is 18.7 Å². The van der Waals surface area contributed by atoms with Gasteiger partial charge in [0.25, 0.3) is 0 Å². The van der Waals surface area contributed by atoms with E-state index >= 15 is 0 Å². The van der Waals surface area contributed by atoms with Gasteiger partial charge in [-0.05, 0) is 26.1 Å². The van der Waals surface area contributed by atoms with Crippen LogP contribution < -0.4 is 0 Å². The van der Waals surface area contributed by atoms with Gasteiger partial charge in [-0.1, -0.05) is 24.0 Å².